The van der Waals surface area contributed by atoms with Gasteiger partial charge in [-0.05, 0) is 182 Å². The quantitative estimate of drug-likeness (QED) is 0.126. The zero-order chi connectivity index (χ0) is 43.3. The average molecular weight is 813 g/mol. The molecule has 6 rings (SSSR count). The molecule has 5 N–H and O–H groups in total. The van der Waals surface area contributed by atoms with Crippen molar-refractivity contribution in [2.45, 2.75) is 207 Å². The van der Waals surface area contributed by atoms with Gasteiger partial charge in [-0.3, -0.25) is 0 Å². The van der Waals surface area contributed by atoms with Crippen LogP contribution in [0.25, 0.3) is 0 Å². The van der Waals surface area contributed by atoms with E-state index in [-0.39, 0.29) is 11.5 Å². The summed E-state index contributed by atoms with van der Waals surface area (Å²) in [5, 5.41) is 50.2. The summed E-state index contributed by atoms with van der Waals surface area (Å²) >= 11 is 0. The molecule has 5 heteroatoms. The van der Waals surface area contributed by atoms with Crippen LogP contribution in [0.3, 0.4) is 0 Å². The van der Waals surface area contributed by atoms with Crippen molar-refractivity contribution < 1.29 is 25.5 Å². The molecule has 4 fully saturated rings. The number of aliphatic hydroxyl groups is 5. The van der Waals surface area contributed by atoms with Gasteiger partial charge in [0.15, 0.2) is 0 Å². The van der Waals surface area contributed by atoms with Crippen LogP contribution >= 0.6 is 0 Å². The summed E-state index contributed by atoms with van der Waals surface area (Å²) in [6, 6.07) is 0. The molecule has 0 heterocycles. The second kappa shape index (κ2) is 19.8. The third-order valence-electron chi connectivity index (χ3n) is 15.6. The van der Waals surface area contributed by atoms with Gasteiger partial charge in [-0.1, -0.05) is 118 Å². The van der Waals surface area contributed by atoms with Crippen molar-refractivity contribution in [3.8, 4) is 0 Å². The Morgan fingerprint density at radius 3 is 1.63 bits per heavy atom. The molecule has 330 valence electrons. The molecule has 0 saturated heterocycles. The first-order valence-corrected chi connectivity index (χ1v) is 23.7. The maximum atomic E-state index is 10.1. The maximum Gasteiger partial charge on any atom is 0.0811 e. The second-order valence-electron chi connectivity index (χ2n) is 21.7. The molecule has 0 aromatic heterocycles. The summed E-state index contributed by atoms with van der Waals surface area (Å²) in [6.07, 6.45) is 32.1. The molecular formula is C54H84O5. The Balaban J connectivity index is 0.000000224. The zero-order valence-electron chi connectivity index (χ0n) is 38.6. The fourth-order valence-electron chi connectivity index (χ4n) is 12.1. The standard InChI is InChI=1S/C27H42O3.C27H42O2/c1-18(8-6-14-26(3,4)30)23-12-13-24-20(9-7-15-27(23,24)5)10-11-21-16-22(28)17-25(29)19(21)2;1-19-10-13-23(28)18-22(19)12-11-21-9-7-17-27(5)24(14-15-25(21)27)20(2)8-6-16-26(3,4)29/h10-12,18,22,24-25,28-30H,2,6-9,13-17H2,1,3-5H3;11-12,14,20,23,25,28-29H,1,6-10,13,15-18H2,2-5H3/b20-10+,21-11-;21-11+,22-12-/t18-,22-,24+,25+,27-;20-,23+,25+,27-/m11/s1. The lowest BCUT2D eigenvalue weighted by Gasteiger charge is -2.42. The van der Waals surface area contributed by atoms with E-state index in [4.69, 9.17) is 0 Å². The summed E-state index contributed by atoms with van der Waals surface area (Å²) in [6.45, 7) is 25.6. The molecule has 0 aliphatic heterocycles. The molecule has 0 spiro atoms. The van der Waals surface area contributed by atoms with E-state index < -0.39 is 23.4 Å². The van der Waals surface area contributed by atoms with E-state index in [1.165, 1.54) is 61.7 Å². The molecule has 9 atom stereocenters. The summed E-state index contributed by atoms with van der Waals surface area (Å²) < 4.78 is 0. The van der Waals surface area contributed by atoms with Gasteiger partial charge in [0.25, 0.3) is 0 Å². The maximum absolute atomic E-state index is 10.1. The molecule has 6 aliphatic carbocycles. The minimum atomic E-state index is -0.625. The fourth-order valence-corrected chi connectivity index (χ4v) is 12.1. The number of fused-ring (bicyclic) bond motifs is 2. The lowest BCUT2D eigenvalue weighted by Crippen LogP contribution is -2.32. The highest BCUT2D eigenvalue weighted by atomic mass is 16.3. The minimum absolute atomic E-state index is 0.203. The van der Waals surface area contributed by atoms with Gasteiger partial charge >= 0.3 is 0 Å². The normalized spacial score (nSPS) is 35.3. The lowest BCUT2D eigenvalue weighted by molar-refractivity contribution is 0.0664. The van der Waals surface area contributed by atoms with Gasteiger partial charge in [0.1, 0.15) is 0 Å². The number of allylic oxidation sites excluding steroid dienone is 11. The molecule has 4 saturated carbocycles. The van der Waals surface area contributed by atoms with Gasteiger partial charge in [-0.2, -0.15) is 0 Å². The third kappa shape index (κ3) is 12.2. The van der Waals surface area contributed by atoms with E-state index >= 15 is 0 Å². The first-order chi connectivity index (χ1) is 27.6. The number of aliphatic hydroxyl groups excluding tert-OH is 3. The number of hydrogen-bond acceptors (Lipinski definition) is 5. The Labute approximate surface area is 360 Å². The Morgan fingerprint density at radius 2 is 1.15 bits per heavy atom. The number of rotatable bonds is 12. The van der Waals surface area contributed by atoms with Crippen LogP contribution in [0.5, 0.6) is 0 Å². The van der Waals surface area contributed by atoms with E-state index in [1.54, 1.807) is 16.7 Å². The SMILES string of the molecule is C=C1/C(=C\C=C2/CCC[C@]3(C)C([C@H](C)CCCC(C)(C)O)=CC[C@@H]23)C[C@@H](O)C[C@@H]1O.C=C1CC[C@H](O)C/C1=C/C=C1\CCC[C@]2(C)C([C@H](C)CCCC(C)(C)O)=CC[C@@H]12. The van der Waals surface area contributed by atoms with Gasteiger partial charge in [0.05, 0.1) is 29.5 Å². The van der Waals surface area contributed by atoms with Crippen LogP contribution in [0.2, 0.25) is 0 Å². The zero-order valence-corrected chi connectivity index (χ0v) is 38.6. The third-order valence-corrected chi connectivity index (χ3v) is 15.6. The van der Waals surface area contributed by atoms with E-state index in [1.807, 2.05) is 27.7 Å². The van der Waals surface area contributed by atoms with Crippen LogP contribution in [0.15, 0.2) is 94.2 Å². The highest BCUT2D eigenvalue weighted by Gasteiger charge is 2.47. The topological polar surface area (TPSA) is 101 Å². The average Bonchev–Trinajstić information content (AvgIpc) is 3.69. The highest BCUT2D eigenvalue weighted by Crippen LogP contribution is 2.58. The van der Waals surface area contributed by atoms with Crippen molar-refractivity contribution in [3.05, 3.63) is 94.2 Å². The van der Waals surface area contributed by atoms with Crippen molar-refractivity contribution in [1.82, 2.24) is 0 Å². The van der Waals surface area contributed by atoms with Crippen molar-refractivity contribution in [3.63, 3.8) is 0 Å². The first kappa shape index (κ1) is 47.8. The van der Waals surface area contributed by atoms with Crippen molar-refractivity contribution >= 4 is 0 Å². The molecule has 0 aromatic carbocycles. The lowest BCUT2D eigenvalue weighted by atomic mass is 9.62. The van der Waals surface area contributed by atoms with E-state index in [2.05, 4.69) is 77.3 Å². The molecule has 0 amide bonds. The van der Waals surface area contributed by atoms with Crippen molar-refractivity contribution in [2.24, 2.45) is 34.5 Å². The molecular weight excluding hydrogens is 729 g/mol. The summed E-state index contributed by atoms with van der Waals surface area (Å²) in [4.78, 5) is 0. The Bertz CT molecular complexity index is 1690. The van der Waals surface area contributed by atoms with Crippen molar-refractivity contribution in [2.75, 3.05) is 0 Å². The minimum Gasteiger partial charge on any atom is -0.393 e. The van der Waals surface area contributed by atoms with Crippen LogP contribution in [0.4, 0.5) is 0 Å². The van der Waals surface area contributed by atoms with Gasteiger partial charge in [-0.15, -0.1) is 0 Å². The highest BCUT2D eigenvalue weighted by molar-refractivity contribution is 5.41. The van der Waals surface area contributed by atoms with Crippen molar-refractivity contribution in [1.29, 1.82) is 0 Å². The largest absolute Gasteiger partial charge is 0.393 e. The first-order valence-electron chi connectivity index (χ1n) is 23.7. The smallest absolute Gasteiger partial charge is 0.0811 e. The van der Waals surface area contributed by atoms with Crippen LogP contribution in [0.1, 0.15) is 177 Å². The van der Waals surface area contributed by atoms with Crippen LogP contribution in [-0.4, -0.2) is 55.0 Å². The van der Waals surface area contributed by atoms with E-state index in [9.17, 15) is 25.5 Å². The summed E-state index contributed by atoms with van der Waals surface area (Å²) in [5.41, 5.74) is 9.99. The Hall–Kier alpha value is -2.28. The monoisotopic (exact) mass is 813 g/mol. The fraction of sp³-hybridized carbons (Fsp3) is 0.704. The number of hydrogen-bond donors (Lipinski definition) is 5. The Kier molecular flexibility index (Phi) is 16.1. The van der Waals surface area contributed by atoms with E-state index in [0.717, 1.165) is 75.4 Å². The van der Waals surface area contributed by atoms with Crippen LogP contribution in [-0.2, 0) is 0 Å². The summed E-state index contributed by atoms with van der Waals surface area (Å²) in [7, 11) is 0. The van der Waals surface area contributed by atoms with Gasteiger partial charge < -0.3 is 25.5 Å². The van der Waals surface area contributed by atoms with Crippen LogP contribution < -0.4 is 0 Å². The molecule has 5 nitrogen and oxygen atoms in total. The molecule has 6 aliphatic rings. The molecule has 0 unspecified atom stereocenters. The Morgan fingerprint density at radius 1 is 0.695 bits per heavy atom. The predicted octanol–water partition coefficient (Wildman–Crippen LogP) is 12.3. The summed E-state index contributed by atoms with van der Waals surface area (Å²) in [5.74, 6) is 2.34. The second-order valence-corrected chi connectivity index (χ2v) is 21.7. The van der Waals surface area contributed by atoms with Gasteiger partial charge in [-0.25, -0.2) is 0 Å². The predicted molar refractivity (Wildman–Crippen MR) is 247 cm³/mol. The van der Waals surface area contributed by atoms with Crippen LogP contribution in [0, 0.1) is 34.5 Å². The van der Waals surface area contributed by atoms with Gasteiger partial charge in [0, 0.05) is 6.42 Å². The molecule has 59 heavy (non-hydrogen) atoms. The van der Waals surface area contributed by atoms with Gasteiger partial charge in [0.2, 0.25) is 0 Å². The van der Waals surface area contributed by atoms with E-state index in [0.29, 0.717) is 41.9 Å². The molecule has 0 aromatic rings. The molecule has 0 radical (unpaired) electrons. The molecule has 0 bridgehead atoms.